The van der Waals surface area contributed by atoms with Crippen molar-refractivity contribution in [3.8, 4) is 5.75 Å². The molecule has 2 aliphatic rings. The number of aryl methyl sites for hydroxylation is 1. The van der Waals surface area contributed by atoms with Gasteiger partial charge in [-0.15, -0.1) is 0 Å². The predicted molar refractivity (Wildman–Crippen MR) is 136 cm³/mol. The van der Waals surface area contributed by atoms with Gasteiger partial charge in [-0.2, -0.15) is 13.2 Å². The van der Waals surface area contributed by atoms with Crippen LogP contribution in [0.2, 0.25) is 0 Å². The molecule has 1 N–H and O–H groups in total. The van der Waals surface area contributed by atoms with Gasteiger partial charge in [-0.3, -0.25) is 0 Å². The summed E-state index contributed by atoms with van der Waals surface area (Å²) in [6.45, 7) is 3.24. The van der Waals surface area contributed by atoms with Gasteiger partial charge in [-0.25, -0.2) is 18.1 Å². The molecule has 1 aliphatic carbocycles. The van der Waals surface area contributed by atoms with Crippen LogP contribution in [0.1, 0.15) is 34.6 Å². The summed E-state index contributed by atoms with van der Waals surface area (Å²) in [5.74, 6) is 0.986. The molecular weight excluding hydrogens is 517 g/mol. The lowest BCUT2D eigenvalue weighted by Crippen LogP contribution is -2.41. The Morgan fingerprint density at radius 2 is 1.97 bits per heavy atom. The number of aromatic nitrogens is 2. The van der Waals surface area contributed by atoms with Gasteiger partial charge in [0.15, 0.2) is 5.03 Å². The van der Waals surface area contributed by atoms with Crippen LogP contribution in [0.4, 0.5) is 13.2 Å². The third-order valence-corrected chi connectivity index (χ3v) is 8.68. The fourth-order valence-corrected chi connectivity index (χ4v) is 6.30. The number of nitrogens with one attached hydrogen (secondary N) is 1. The van der Waals surface area contributed by atoms with Crippen LogP contribution in [0.5, 0.6) is 5.75 Å². The Bertz CT molecular complexity index is 1390. The van der Waals surface area contributed by atoms with Crippen LogP contribution < -0.4 is 9.46 Å². The molecule has 1 saturated heterocycles. The summed E-state index contributed by atoms with van der Waals surface area (Å²) < 4.78 is 74.6. The summed E-state index contributed by atoms with van der Waals surface area (Å²) >= 11 is 0. The highest BCUT2D eigenvalue weighted by atomic mass is 32.2. The smallest absolute Gasteiger partial charge is 0.416 e. The number of alkyl halides is 3. The number of hydrogen-bond donors (Lipinski definition) is 1. The van der Waals surface area contributed by atoms with Crippen molar-refractivity contribution in [3.05, 3.63) is 77.2 Å². The van der Waals surface area contributed by atoms with Crippen LogP contribution in [0.15, 0.2) is 60.0 Å². The molecule has 38 heavy (non-hydrogen) atoms. The summed E-state index contributed by atoms with van der Waals surface area (Å²) in [5.41, 5.74) is 2.33. The van der Waals surface area contributed by atoms with Crippen LogP contribution in [0.25, 0.3) is 0 Å². The van der Waals surface area contributed by atoms with Crippen molar-refractivity contribution in [1.82, 2.24) is 19.2 Å². The van der Waals surface area contributed by atoms with Crippen LogP contribution in [-0.2, 0) is 36.1 Å². The monoisotopic (exact) mass is 548 g/mol. The molecule has 7 nitrogen and oxygen atoms in total. The second-order valence-electron chi connectivity index (χ2n) is 10.1. The molecule has 3 aromatic rings. The minimum Gasteiger partial charge on any atom is -0.492 e. The van der Waals surface area contributed by atoms with Crippen molar-refractivity contribution < 1.29 is 26.3 Å². The maximum absolute atomic E-state index is 13.3. The molecule has 0 radical (unpaired) electrons. The molecule has 1 aromatic heterocycles. The number of rotatable bonds is 10. The molecule has 2 unspecified atom stereocenters. The van der Waals surface area contributed by atoms with Gasteiger partial charge in [0.1, 0.15) is 12.4 Å². The van der Waals surface area contributed by atoms with E-state index in [1.807, 2.05) is 18.2 Å². The lowest BCUT2D eigenvalue weighted by molar-refractivity contribution is -0.137. The summed E-state index contributed by atoms with van der Waals surface area (Å²) in [5, 5.41) is -0.0526. The van der Waals surface area contributed by atoms with Gasteiger partial charge < -0.3 is 14.2 Å². The maximum Gasteiger partial charge on any atom is 0.416 e. The van der Waals surface area contributed by atoms with Gasteiger partial charge in [0, 0.05) is 26.3 Å². The van der Waals surface area contributed by atoms with E-state index in [-0.39, 0.29) is 24.1 Å². The summed E-state index contributed by atoms with van der Waals surface area (Å²) in [6.07, 6.45) is 1.04. The Labute approximate surface area is 220 Å². The lowest BCUT2D eigenvalue weighted by Gasteiger charge is -2.35. The topological polar surface area (TPSA) is 76.5 Å². The number of benzene rings is 2. The third-order valence-electron chi connectivity index (χ3n) is 7.34. The minimum atomic E-state index is -4.38. The van der Waals surface area contributed by atoms with Crippen molar-refractivity contribution in [3.63, 3.8) is 0 Å². The SMILES string of the molecule is Cn1cnc(S(=O)(=O)NCCOc2ccc3c(c2)C(Cc2cccc(C(F)(F)F)c2)C(CN2CCC2)C3)c1. The molecule has 1 aliphatic heterocycles. The average molecular weight is 549 g/mol. The van der Waals surface area contributed by atoms with Gasteiger partial charge in [0.2, 0.25) is 0 Å². The van der Waals surface area contributed by atoms with Gasteiger partial charge in [-0.1, -0.05) is 24.3 Å². The first-order valence-electron chi connectivity index (χ1n) is 12.7. The molecule has 0 bridgehead atoms. The fourth-order valence-electron chi connectivity index (χ4n) is 5.31. The zero-order chi connectivity index (χ0) is 26.9. The van der Waals surface area contributed by atoms with E-state index < -0.39 is 21.8 Å². The molecular formula is C27H31F3N4O3S. The van der Waals surface area contributed by atoms with Gasteiger partial charge in [0.05, 0.1) is 11.9 Å². The Morgan fingerprint density at radius 3 is 2.66 bits per heavy atom. The Kier molecular flexibility index (Phi) is 7.52. The van der Waals surface area contributed by atoms with Gasteiger partial charge in [-0.05, 0) is 79.1 Å². The molecule has 2 atom stereocenters. The first kappa shape index (κ1) is 26.7. The van der Waals surface area contributed by atoms with Gasteiger partial charge >= 0.3 is 6.18 Å². The second kappa shape index (κ2) is 10.7. The molecule has 2 heterocycles. The molecule has 0 spiro atoms. The molecule has 204 valence electrons. The number of fused-ring (bicyclic) bond motifs is 1. The normalized spacial score (nSPS) is 19.8. The van der Waals surface area contributed by atoms with Crippen LogP contribution in [0.3, 0.4) is 0 Å². The highest BCUT2D eigenvalue weighted by Crippen LogP contribution is 2.43. The van der Waals surface area contributed by atoms with Crippen molar-refractivity contribution in [2.75, 3.05) is 32.8 Å². The van der Waals surface area contributed by atoms with Gasteiger partial charge in [0.25, 0.3) is 10.0 Å². The fraction of sp³-hybridized carbons (Fsp3) is 0.444. The number of nitrogens with zero attached hydrogens (tertiary/aromatic N) is 3. The van der Waals surface area contributed by atoms with E-state index in [9.17, 15) is 21.6 Å². The largest absolute Gasteiger partial charge is 0.492 e. The Morgan fingerprint density at radius 1 is 1.16 bits per heavy atom. The molecule has 2 aromatic carbocycles. The van der Waals surface area contributed by atoms with Crippen molar-refractivity contribution in [2.24, 2.45) is 13.0 Å². The highest BCUT2D eigenvalue weighted by molar-refractivity contribution is 7.89. The Hall–Kier alpha value is -2.89. The second-order valence-corrected chi connectivity index (χ2v) is 11.8. The zero-order valence-corrected chi connectivity index (χ0v) is 21.9. The summed E-state index contributed by atoms with van der Waals surface area (Å²) in [4.78, 5) is 6.27. The summed E-state index contributed by atoms with van der Waals surface area (Å²) in [7, 11) is -2.03. The van der Waals surface area contributed by atoms with E-state index in [0.29, 0.717) is 23.7 Å². The number of halogens is 3. The van der Waals surface area contributed by atoms with Crippen molar-refractivity contribution in [1.29, 1.82) is 0 Å². The quantitative estimate of drug-likeness (QED) is 0.388. The van der Waals surface area contributed by atoms with E-state index in [0.717, 1.165) is 37.7 Å². The Balaban J connectivity index is 1.28. The maximum atomic E-state index is 13.3. The third kappa shape index (κ3) is 6.05. The van der Waals surface area contributed by atoms with E-state index in [2.05, 4.69) is 14.6 Å². The number of sulfonamides is 1. The van der Waals surface area contributed by atoms with Crippen LogP contribution in [-0.4, -0.2) is 55.7 Å². The average Bonchev–Trinajstić information content (AvgIpc) is 3.43. The molecule has 0 saturated carbocycles. The van der Waals surface area contributed by atoms with E-state index >= 15 is 0 Å². The number of ether oxygens (including phenoxy) is 1. The molecule has 11 heteroatoms. The van der Waals surface area contributed by atoms with E-state index in [1.54, 1.807) is 17.7 Å². The first-order valence-corrected chi connectivity index (χ1v) is 14.2. The summed E-state index contributed by atoms with van der Waals surface area (Å²) in [6, 6.07) is 11.5. The number of likely N-dealkylation sites (tertiary alicyclic amines) is 1. The number of imidazole rings is 1. The van der Waals surface area contributed by atoms with Crippen LogP contribution in [0, 0.1) is 5.92 Å². The molecule has 5 rings (SSSR count). The van der Waals surface area contributed by atoms with Crippen molar-refractivity contribution in [2.45, 2.75) is 36.4 Å². The molecule has 0 amide bonds. The first-order chi connectivity index (χ1) is 18.1. The van der Waals surface area contributed by atoms with Crippen molar-refractivity contribution >= 4 is 10.0 Å². The van der Waals surface area contributed by atoms with Crippen LogP contribution >= 0.6 is 0 Å². The molecule has 1 fully saturated rings. The zero-order valence-electron chi connectivity index (χ0n) is 21.1. The standard InChI is InChI=1S/C27H31F3N4O3S/c1-33-17-26(31-18-33)38(35,36)32-8-11-37-23-7-6-20-14-21(16-34-9-3-10-34)24(25(20)15-23)13-19-4-2-5-22(12-19)27(28,29)30/h2,4-7,12,15,17-18,21,24,32H,3,8-11,13-14,16H2,1H3. The predicted octanol–water partition coefficient (Wildman–Crippen LogP) is 4.00. The van der Waals surface area contributed by atoms with E-state index in [4.69, 9.17) is 4.74 Å². The highest BCUT2D eigenvalue weighted by Gasteiger charge is 2.36. The minimum absolute atomic E-state index is 0.0526. The van der Waals surface area contributed by atoms with E-state index in [1.165, 1.54) is 36.6 Å². The number of hydrogen-bond acceptors (Lipinski definition) is 5. The lowest BCUT2D eigenvalue weighted by atomic mass is 9.85.